The van der Waals surface area contributed by atoms with E-state index < -0.39 is 0 Å². The third kappa shape index (κ3) is 6.41. The summed E-state index contributed by atoms with van der Waals surface area (Å²) in [6.07, 6.45) is 19.0. The van der Waals surface area contributed by atoms with Gasteiger partial charge in [0.05, 0.1) is 0 Å². The molecule has 0 bridgehead atoms. The van der Waals surface area contributed by atoms with E-state index in [1.54, 1.807) is 0 Å². The topological polar surface area (TPSA) is 14.2 Å². The lowest BCUT2D eigenvalue weighted by Crippen LogP contribution is -2.34. The molecule has 2 aromatic heterocycles. The molecule has 2 aliphatic rings. The number of benzene rings is 1. The molecule has 5 rings (SSSR count). The second kappa shape index (κ2) is 12.1. The van der Waals surface area contributed by atoms with Gasteiger partial charge in [-0.3, -0.25) is 9.80 Å². The van der Waals surface area contributed by atoms with Crippen LogP contribution in [0.4, 0.5) is 0 Å². The van der Waals surface area contributed by atoms with E-state index in [1.165, 1.54) is 73.9 Å². The first-order valence-electron chi connectivity index (χ1n) is 14.1. The number of aryl methyl sites for hydroxylation is 4. The molecule has 4 nitrogen and oxygen atoms in total. The lowest BCUT2D eigenvalue weighted by Gasteiger charge is -2.18. The molecule has 0 aliphatic carbocycles. The van der Waals surface area contributed by atoms with Gasteiger partial charge in [-0.25, -0.2) is 9.13 Å². The zero-order valence-corrected chi connectivity index (χ0v) is 22.4. The Kier molecular flexibility index (Phi) is 8.45. The standard InChI is InChI=1S/C32H44N4/c1-33-18-8-16-31(33)29-14-6-22-35(25-29)20-4-12-27-10-3-11-28(24-27)13-5-21-36-23-7-15-30(26-36)32-17-9-19-34(32)2/h3,6-7,10-11,14-15,22-26,31-32H,4-5,8-9,12-13,16-21H2,1-2H3/q+2/t31-,32-/m0/s1. The lowest BCUT2D eigenvalue weighted by atomic mass is 10.0. The van der Waals surface area contributed by atoms with Gasteiger partial charge in [-0.05, 0) is 89.0 Å². The highest BCUT2D eigenvalue weighted by Crippen LogP contribution is 2.30. The largest absolute Gasteiger partial charge is 0.299 e. The Morgan fingerprint density at radius 1 is 0.694 bits per heavy atom. The minimum absolute atomic E-state index is 0.596. The molecule has 4 heterocycles. The highest BCUT2D eigenvalue weighted by molar-refractivity contribution is 5.23. The summed E-state index contributed by atoms with van der Waals surface area (Å²) in [4.78, 5) is 4.99. The summed E-state index contributed by atoms with van der Waals surface area (Å²) < 4.78 is 4.78. The second-order valence-electron chi connectivity index (χ2n) is 11.1. The van der Waals surface area contributed by atoms with Gasteiger partial charge < -0.3 is 0 Å². The maximum atomic E-state index is 2.49. The van der Waals surface area contributed by atoms with E-state index in [2.05, 4.69) is 106 Å². The zero-order chi connectivity index (χ0) is 24.7. The number of likely N-dealkylation sites (tertiary alicyclic amines) is 2. The Morgan fingerprint density at radius 3 is 1.64 bits per heavy atom. The van der Waals surface area contributed by atoms with Crippen molar-refractivity contribution in [1.82, 2.24) is 9.80 Å². The molecular weight excluding hydrogens is 440 g/mol. The molecule has 0 spiro atoms. The quantitative estimate of drug-likeness (QED) is 0.374. The van der Waals surface area contributed by atoms with Crippen molar-refractivity contribution < 1.29 is 9.13 Å². The van der Waals surface area contributed by atoms with Gasteiger partial charge in [-0.2, -0.15) is 0 Å². The van der Waals surface area contributed by atoms with Crippen LogP contribution in [0.3, 0.4) is 0 Å². The smallest absolute Gasteiger partial charge is 0.173 e. The normalized spacial score (nSPS) is 20.8. The number of nitrogens with zero attached hydrogens (tertiary/aromatic N) is 4. The van der Waals surface area contributed by atoms with E-state index in [1.807, 2.05) is 0 Å². The molecule has 3 aromatic rings. The van der Waals surface area contributed by atoms with E-state index in [4.69, 9.17) is 0 Å². The fourth-order valence-corrected chi connectivity index (χ4v) is 6.29. The molecule has 2 saturated heterocycles. The molecule has 0 radical (unpaired) electrons. The Morgan fingerprint density at radius 2 is 1.19 bits per heavy atom. The molecule has 0 saturated carbocycles. The number of aromatic nitrogens is 2. The van der Waals surface area contributed by atoms with Gasteiger partial charge in [0, 0.05) is 48.2 Å². The van der Waals surface area contributed by atoms with E-state index in [-0.39, 0.29) is 0 Å². The van der Waals surface area contributed by atoms with Crippen molar-refractivity contribution in [3.8, 4) is 0 Å². The first-order chi connectivity index (χ1) is 17.7. The minimum atomic E-state index is 0.596. The van der Waals surface area contributed by atoms with Crippen LogP contribution < -0.4 is 9.13 Å². The molecule has 2 atom stereocenters. The van der Waals surface area contributed by atoms with Gasteiger partial charge in [0.25, 0.3) is 0 Å². The van der Waals surface area contributed by atoms with Gasteiger partial charge in [0.2, 0.25) is 0 Å². The van der Waals surface area contributed by atoms with Crippen molar-refractivity contribution >= 4 is 0 Å². The van der Waals surface area contributed by atoms with Crippen molar-refractivity contribution in [2.75, 3.05) is 27.2 Å². The van der Waals surface area contributed by atoms with E-state index in [0.29, 0.717) is 12.1 Å². The van der Waals surface area contributed by atoms with Gasteiger partial charge in [-0.1, -0.05) is 24.3 Å². The predicted molar refractivity (Wildman–Crippen MR) is 146 cm³/mol. The monoisotopic (exact) mass is 484 g/mol. The Bertz CT molecular complexity index is 1040. The first-order valence-corrected chi connectivity index (χ1v) is 14.1. The summed E-state index contributed by atoms with van der Waals surface area (Å²) in [7, 11) is 4.51. The van der Waals surface area contributed by atoms with Crippen molar-refractivity contribution in [2.45, 2.75) is 76.5 Å². The molecular formula is C32H44N4+2. The van der Waals surface area contributed by atoms with Gasteiger partial charge in [0.15, 0.2) is 24.8 Å². The summed E-state index contributed by atoms with van der Waals surface area (Å²) in [5.74, 6) is 0. The van der Waals surface area contributed by atoms with Crippen molar-refractivity contribution in [3.05, 3.63) is 95.6 Å². The summed E-state index contributed by atoms with van der Waals surface area (Å²) in [5, 5.41) is 0. The van der Waals surface area contributed by atoms with Crippen molar-refractivity contribution in [1.29, 1.82) is 0 Å². The summed E-state index contributed by atoms with van der Waals surface area (Å²) in [6, 6.07) is 19.5. The molecule has 2 fully saturated rings. The number of hydrogen-bond acceptors (Lipinski definition) is 2. The van der Waals surface area contributed by atoms with Gasteiger partial charge in [0.1, 0.15) is 13.1 Å². The third-order valence-electron chi connectivity index (χ3n) is 8.33. The van der Waals surface area contributed by atoms with Crippen molar-refractivity contribution in [3.63, 3.8) is 0 Å². The van der Waals surface area contributed by atoms with Gasteiger partial charge >= 0.3 is 0 Å². The van der Waals surface area contributed by atoms with E-state index >= 15 is 0 Å². The first kappa shape index (κ1) is 25.1. The molecule has 36 heavy (non-hydrogen) atoms. The van der Waals surface area contributed by atoms with Crippen LogP contribution in [0.1, 0.15) is 72.9 Å². The molecule has 1 aromatic carbocycles. The molecule has 4 heteroatoms. The lowest BCUT2D eigenvalue weighted by molar-refractivity contribution is -0.697. The SMILES string of the molecule is CN1CCC[C@H]1c1ccc[n+](CCCc2cccc(CCC[n+]3cccc([C@@H]4CCCN4C)c3)c2)c1. The Hall–Kier alpha value is -2.56. The van der Waals surface area contributed by atoms with Crippen LogP contribution in [-0.4, -0.2) is 37.0 Å². The van der Waals surface area contributed by atoms with Crippen LogP contribution in [0, 0.1) is 0 Å². The maximum absolute atomic E-state index is 2.49. The average molecular weight is 485 g/mol. The number of hydrogen-bond donors (Lipinski definition) is 0. The molecule has 0 unspecified atom stereocenters. The number of pyridine rings is 2. The second-order valence-corrected chi connectivity index (χ2v) is 11.1. The molecule has 0 N–H and O–H groups in total. The highest BCUT2D eigenvalue weighted by atomic mass is 15.2. The van der Waals surface area contributed by atoms with Crippen LogP contribution in [0.5, 0.6) is 0 Å². The molecule has 0 amide bonds. The molecule has 190 valence electrons. The highest BCUT2D eigenvalue weighted by Gasteiger charge is 2.25. The fourth-order valence-electron chi connectivity index (χ4n) is 6.29. The predicted octanol–water partition coefficient (Wildman–Crippen LogP) is 5.06. The molecule has 2 aliphatic heterocycles. The fraction of sp³-hybridized carbons (Fsp3) is 0.500. The third-order valence-corrected chi connectivity index (χ3v) is 8.33. The minimum Gasteiger partial charge on any atom is -0.299 e. The Balaban J connectivity index is 1.09. The van der Waals surface area contributed by atoms with Crippen LogP contribution in [-0.2, 0) is 25.9 Å². The summed E-state index contributed by atoms with van der Waals surface area (Å²) >= 11 is 0. The average Bonchev–Trinajstić information content (AvgIpc) is 3.52. The van der Waals surface area contributed by atoms with E-state index in [9.17, 15) is 0 Å². The van der Waals surface area contributed by atoms with Crippen LogP contribution in [0.2, 0.25) is 0 Å². The van der Waals surface area contributed by atoms with Gasteiger partial charge in [-0.15, -0.1) is 0 Å². The zero-order valence-electron chi connectivity index (χ0n) is 22.4. The van der Waals surface area contributed by atoms with Crippen LogP contribution in [0.25, 0.3) is 0 Å². The summed E-state index contributed by atoms with van der Waals surface area (Å²) in [6.45, 7) is 4.60. The number of rotatable bonds is 10. The van der Waals surface area contributed by atoms with Crippen LogP contribution >= 0.6 is 0 Å². The Labute approximate surface area is 218 Å². The summed E-state index contributed by atoms with van der Waals surface area (Å²) in [5.41, 5.74) is 5.88. The maximum Gasteiger partial charge on any atom is 0.173 e. The van der Waals surface area contributed by atoms with Crippen molar-refractivity contribution in [2.24, 2.45) is 0 Å². The van der Waals surface area contributed by atoms with Crippen LogP contribution in [0.15, 0.2) is 73.3 Å². The van der Waals surface area contributed by atoms with E-state index in [0.717, 1.165) is 25.9 Å².